The van der Waals surface area contributed by atoms with Crippen LogP contribution in [0.2, 0.25) is 0 Å². The van der Waals surface area contributed by atoms with E-state index in [4.69, 9.17) is 4.74 Å². The van der Waals surface area contributed by atoms with Crippen LogP contribution in [0.3, 0.4) is 0 Å². The summed E-state index contributed by atoms with van der Waals surface area (Å²) < 4.78 is 18.6. The van der Waals surface area contributed by atoms with E-state index in [0.29, 0.717) is 13.0 Å². The number of hydrogen-bond donors (Lipinski definition) is 1. The highest BCUT2D eigenvalue weighted by atomic mass is 19.1. The van der Waals surface area contributed by atoms with Gasteiger partial charge >= 0.3 is 0 Å². The second kappa shape index (κ2) is 6.41. The van der Waals surface area contributed by atoms with Gasteiger partial charge in [0.25, 0.3) is 5.91 Å². The van der Waals surface area contributed by atoms with Gasteiger partial charge in [-0.1, -0.05) is 0 Å². The van der Waals surface area contributed by atoms with Crippen molar-refractivity contribution in [2.45, 2.75) is 18.6 Å². The summed E-state index contributed by atoms with van der Waals surface area (Å²) in [7, 11) is 5.21. The van der Waals surface area contributed by atoms with Crippen LogP contribution in [0, 0.1) is 5.82 Å². The van der Waals surface area contributed by atoms with Gasteiger partial charge in [0.05, 0.1) is 13.2 Å². The highest BCUT2D eigenvalue weighted by Crippen LogP contribution is 2.23. The van der Waals surface area contributed by atoms with Gasteiger partial charge in [-0.3, -0.25) is 4.79 Å². The van der Waals surface area contributed by atoms with E-state index in [9.17, 15) is 14.3 Å². The van der Waals surface area contributed by atoms with Gasteiger partial charge in [0, 0.05) is 24.7 Å². The minimum absolute atomic E-state index is 0.0623. The van der Waals surface area contributed by atoms with E-state index in [-0.39, 0.29) is 29.8 Å². The Kier molecular flexibility index (Phi) is 4.80. The maximum absolute atomic E-state index is 13.7. The average molecular weight is 296 g/mol. The van der Waals surface area contributed by atoms with Gasteiger partial charge in [-0.25, -0.2) is 4.39 Å². The van der Waals surface area contributed by atoms with Crippen LogP contribution in [0.15, 0.2) is 18.2 Å². The molecule has 1 saturated heterocycles. The Hall–Kier alpha value is -1.66. The first-order valence-corrected chi connectivity index (χ1v) is 6.89. The van der Waals surface area contributed by atoms with Crippen LogP contribution in [-0.2, 0) is 0 Å². The van der Waals surface area contributed by atoms with Crippen molar-refractivity contribution in [1.82, 2.24) is 9.80 Å². The molecule has 2 atom stereocenters. The van der Waals surface area contributed by atoms with Crippen LogP contribution < -0.4 is 4.74 Å². The number of rotatable bonds is 4. The van der Waals surface area contributed by atoms with Gasteiger partial charge in [0.2, 0.25) is 0 Å². The topological polar surface area (TPSA) is 53.0 Å². The van der Waals surface area contributed by atoms with Crippen molar-refractivity contribution in [2.24, 2.45) is 0 Å². The van der Waals surface area contributed by atoms with Gasteiger partial charge in [0.1, 0.15) is 0 Å². The largest absolute Gasteiger partial charge is 0.494 e. The summed E-state index contributed by atoms with van der Waals surface area (Å²) in [5.41, 5.74) is 0.270. The molecule has 1 fully saturated rings. The Balaban J connectivity index is 2.19. The van der Waals surface area contributed by atoms with E-state index < -0.39 is 11.9 Å². The second-order valence-electron chi connectivity index (χ2n) is 5.61. The molecule has 116 valence electrons. The predicted octanol–water partition coefficient (Wildman–Crippen LogP) is 0.971. The molecule has 1 aliphatic rings. The Morgan fingerprint density at radius 1 is 1.52 bits per heavy atom. The number of likely N-dealkylation sites (N-methyl/N-ethyl adjacent to an activating group) is 1. The smallest absolute Gasteiger partial charge is 0.254 e. The summed E-state index contributed by atoms with van der Waals surface area (Å²) in [4.78, 5) is 16.1. The predicted molar refractivity (Wildman–Crippen MR) is 77.0 cm³/mol. The molecule has 0 aromatic heterocycles. The van der Waals surface area contributed by atoms with E-state index >= 15 is 0 Å². The minimum Gasteiger partial charge on any atom is -0.494 e. The third-order valence-corrected chi connectivity index (χ3v) is 3.63. The van der Waals surface area contributed by atoms with Crippen molar-refractivity contribution >= 4 is 5.91 Å². The van der Waals surface area contributed by atoms with E-state index in [1.165, 1.54) is 19.2 Å². The number of benzene rings is 1. The molecular weight excluding hydrogens is 275 g/mol. The standard InChI is InChI=1S/C15H21FN2O3/c1-17(2)8-11-7-12(19)9-18(11)15(20)10-4-5-14(21-3)13(16)6-10/h4-6,11-12,19H,7-9H2,1-3H3. The Morgan fingerprint density at radius 2 is 2.24 bits per heavy atom. The number of ether oxygens (including phenoxy) is 1. The molecule has 0 spiro atoms. The number of β-amino-alcohol motifs (C(OH)–C–C–N with tert-alkyl or cyclic N) is 1. The SMILES string of the molecule is COc1ccc(C(=O)N2CC(O)CC2CN(C)C)cc1F. The number of aliphatic hydroxyl groups is 1. The number of carbonyl (C=O) groups is 1. The first-order chi connectivity index (χ1) is 9.92. The fourth-order valence-electron chi connectivity index (χ4n) is 2.70. The van der Waals surface area contributed by atoms with Crippen molar-refractivity contribution in [2.75, 3.05) is 34.3 Å². The van der Waals surface area contributed by atoms with Crippen molar-refractivity contribution in [3.8, 4) is 5.75 Å². The summed E-state index contributed by atoms with van der Waals surface area (Å²) in [6.45, 7) is 0.951. The second-order valence-corrected chi connectivity index (χ2v) is 5.61. The van der Waals surface area contributed by atoms with Crippen LogP contribution in [-0.4, -0.2) is 67.3 Å². The molecule has 2 unspecified atom stereocenters. The normalized spacial score (nSPS) is 21.9. The third-order valence-electron chi connectivity index (χ3n) is 3.63. The lowest BCUT2D eigenvalue weighted by atomic mass is 10.1. The summed E-state index contributed by atoms with van der Waals surface area (Å²) in [5.74, 6) is -0.718. The lowest BCUT2D eigenvalue weighted by Gasteiger charge is -2.27. The number of halogens is 1. The molecule has 1 aliphatic heterocycles. The van der Waals surface area contributed by atoms with Crippen molar-refractivity contribution in [3.63, 3.8) is 0 Å². The van der Waals surface area contributed by atoms with Gasteiger partial charge in [-0.2, -0.15) is 0 Å². The quantitative estimate of drug-likeness (QED) is 0.899. The van der Waals surface area contributed by atoms with Crippen LogP contribution in [0.4, 0.5) is 4.39 Å². The van der Waals surface area contributed by atoms with E-state index in [1.807, 2.05) is 19.0 Å². The maximum atomic E-state index is 13.7. The number of hydrogen-bond acceptors (Lipinski definition) is 4. The highest BCUT2D eigenvalue weighted by molar-refractivity contribution is 5.94. The van der Waals surface area contributed by atoms with Crippen LogP contribution in [0.1, 0.15) is 16.8 Å². The summed E-state index contributed by atoms with van der Waals surface area (Å²) >= 11 is 0. The molecule has 1 N–H and O–H groups in total. The fraction of sp³-hybridized carbons (Fsp3) is 0.533. The number of methoxy groups -OCH3 is 1. The number of likely N-dealkylation sites (tertiary alicyclic amines) is 1. The summed E-state index contributed by atoms with van der Waals surface area (Å²) in [6.07, 6.45) is 0.0183. The van der Waals surface area contributed by atoms with E-state index in [1.54, 1.807) is 11.0 Å². The molecule has 6 heteroatoms. The fourth-order valence-corrected chi connectivity index (χ4v) is 2.70. The lowest BCUT2D eigenvalue weighted by Crippen LogP contribution is -2.41. The molecule has 2 rings (SSSR count). The molecule has 1 heterocycles. The first-order valence-electron chi connectivity index (χ1n) is 6.89. The first kappa shape index (κ1) is 15.7. The molecule has 21 heavy (non-hydrogen) atoms. The van der Waals surface area contributed by atoms with E-state index in [0.717, 1.165) is 0 Å². The van der Waals surface area contributed by atoms with Crippen LogP contribution in [0.5, 0.6) is 5.75 Å². The number of nitrogens with zero attached hydrogens (tertiary/aromatic N) is 2. The minimum atomic E-state index is -0.563. The molecule has 0 aliphatic carbocycles. The van der Waals surface area contributed by atoms with Crippen molar-refractivity contribution in [3.05, 3.63) is 29.6 Å². The third kappa shape index (κ3) is 3.51. The molecule has 1 aromatic carbocycles. The molecule has 5 nitrogen and oxygen atoms in total. The van der Waals surface area contributed by atoms with Gasteiger partial charge in [-0.05, 0) is 38.7 Å². The zero-order valence-electron chi connectivity index (χ0n) is 12.5. The molecule has 0 saturated carbocycles. The van der Waals surface area contributed by atoms with Gasteiger partial charge in [0.15, 0.2) is 11.6 Å². The Bertz CT molecular complexity index is 522. The van der Waals surface area contributed by atoms with Gasteiger partial charge in [-0.15, -0.1) is 0 Å². The molecule has 0 bridgehead atoms. The maximum Gasteiger partial charge on any atom is 0.254 e. The zero-order valence-corrected chi connectivity index (χ0v) is 12.5. The Labute approximate surface area is 123 Å². The number of amides is 1. The molecule has 1 amide bonds. The summed E-state index contributed by atoms with van der Waals surface area (Å²) in [6, 6.07) is 4.10. The van der Waals surface area contributed by atoms with Crippen molar-refractivity contribution < 1.29 is 19.0 Å². The zero-order chi connectivity index (χ0) is 15.6. The molecule has 0 radical (unpaired) electrons. The summed E-state index contributed by atoms with van der Waals surface area (Å²) in [5, 5.41) is 9.81. The Morgan fingerprint density at radius 3 is 2.81 bits per heavy atom. The highest BCUT2D eigenvalue weighted by Gasteiger charge is 2.35. The molecular formula is C15H21FN2O3. The average Bonchev–Trinajstić information content (AvgIpc) is 2.77. The van der Waals surface area contributed by atoms with Crippen molar-refractivity contribution in [1.29, 1.82) is 0 Å². The lowest BCUT2D eigenvalue weighted by molar-refractivity contribution is 0.0698. The van der Waals surface area contributed by atoms with E-state index in [2.05, 4.69) is 0 Å². The molecule has 1 aromatic rings. The monoisotopic (exact) mass is 296 g/mol. The van der Waals surface area contributed by atoms with Crippen LogP contribution in [0.25, 0.3) is 0 Å². The number of carbonyl (C=O) groups excluding carboxylic acids is 1. The number of aliphatic hydroxyl groups excluding tert-OH is 1. The van der Waals surface area contributed by atoms with Gasteiger partial charge < -0.3 is 19.6 Å². The van der Waals surface area contributed by atoms with Crippen LogP contribution >= 0.6 is 0 Å².